The molecule has 0 aromatic carbocycles. The van der Waals surface area contributed by atoms with Gasteiger partial charge in [-0.2, -0.15) is 0 Å². The molecule has 0 saturated heterocycles. The van der Waals surface area contributed by atoms with Crippen LogP contribution >= 0.6 is 0 Å². The van der Waals surface area contributed by atoms with Crippen LogP contribution < -0.4 is 5.56 Å². The number of aromatic amines is 1. The van der Waals surface area contributed by atoms with Crippen LogP contribution in [0.25, 0.3) is 0 Å². The van der Waals surface area contributed by atoms with Gasteiger partial charge in [0.05, 0.1) is 6.04 Å². The van der Waals surface area contributed by atoms with Crippen molar-refractivity contribution in [3.63, 3.8) is 0 Å². The van der Waals surface area contributed by atoms with Crippen LogP contribution in [0.5, 0.6) is 0 Å². The number of nitrogens with zero attached hydrogens (tertiary/aromatic N) is 1. The van der Waals surface area contributed by atoms with Crippen molar-refractivity contribution < 1.29 is 5.11 Å². The Morgan fingerprint density at radius 3 is 2.42 bits per heavy atom. The van der Waals surface area contributed by atoms with Gasteiger partial charge >= 0.3 is 0 Å². The number of aliphatic hydroxyl groups is 1. The summed E-state index contributed by atoms with van der Waals surface area (Å²) in [4.78, 5) is 12.5. The summed E-state index contributed by atoms with van der Waals surface area (Å²) in [6, 6.07) is 0.315. The van der Waals surface area contributed by atoms with Crippen LogP contribution in [0.3, 0.4) is 0 Å². The fourth-order valence-electron chi connectivity index (χ4n) is 3.05. The summed E-state index contributed by atoms with van der Waals surface area (Å²) in [5.41, 5.74) is 1.73. The van der Waals surface area contributed by atoms with E-state index in [0.29, 0.717) is 12.5 Å². The molecule has 0 unspecified atom stereocenters. The number of aliphatic hydroxyl groups excluding tert-OH is 1. The highest BCUT2D eigenvalue weighted by atomic mass is 16.3. The van der Waals surface area contributed by atoms with Gasteiger partial charge in [-0.15, -0.1) is 0 Å². The zero-order chi connectivity index (χ0) is 14.0. The SMILES string of the molecule is CC(C)(C)c1[nH]n(C2CCCCC2)c(=O)c1CCO. The molecule has 0 amide bonds. The molecule has 1 fully saturated rings. The lowest BCUT2D eigenvalue weighted by molar-refractivity contribution is 0.297. The topological polar surface area (TPSA) is 58.0 Å². The van der Waals surface area contributed by atoms with Crippen LogP contribution in [-0.2, 0) is 11.8 Å². The minimum atomic E-state index is -0.0937. The van der Waals surface area contributed by atoms with E-state index in [1.54, 1.807) is 0 Å². The van der Waals surface area contributed by atoms with Gasteiger partial charge in [0, 0.05) is 29.7 Å². The van der Waals surface area contributed by atoms with Crippen molar-refractivity contribution >= 4 is 0 Å². The number of H-pyrrole nitrogens is 1. The smallest absolute Gasteiger partial charge is 0.270 e. The van der Waals surface area contributed by atoms with Gasteiger partial charge < -0.3 is 5.11 Å². The van der Waals surface area contributed by atoms with Crippen LogP contribution in [0.4, 0.5) is 0 Å². The molecule has 19 heavy (non-hydrogen) atoms. The largest absolute Gasteiger partial charge is 0.396 e. The number of rotatable bonds is 3. The summed E-state index contributed by atoms with van der Waals surface area (Å²) in [6.07, 6.45) is 6.31. The lowest BCUT2D eigenvalue weighted by Crippen LogP contribution is -2.26. The molecule has 2 rings (SSSR count). The molecule has 1 aromatic heterocycles. The Bertz CT molecular complexity index is 473. The third-order valence-corrected chi connectivity index (χ3v) is 4.06. The van der Waals surface area contributed by atoms with E-state index in [0.717, 1.165) is 24.1 Å². The van der Waals surface area contributed by atoms with Gasteiger partial charge in [-0.3, -0.25) is 9.89 Å². The van der Waals surface area contributed by atoms with Crippen molar-refractivity contribution in [2.45, 2.75) is 70.8 Å². The van der Waals surface area contributed by atoms with Gasteiger partial charge in [0.1, 0.15) is 0 Å². The lowest BCUT2D eigenvalue weighted by atomic mass is 9.89. The quantitative estimate of drug-likeness (QED) is 0.883. The normalized spacial score (nSPS) is 17.9. The van der Waals surface area contributed by atoms with Crippen molar-refractivity contribution in [3.8, 4) is 0 Å². The number of hydrogen-bond acceptors (Lipinski definition) is 2. The maximum Gasteiger partial charge on any atom is 0.270 e. The molecule has 1 aromatic rings. The summed E-state index contributed by atoms with van der Waals surface area (Å²) >= 11 is 0. The summed E-state index contributed by atoms with van der Waals surface area (Å²) in [7, 11) is 0. The highest BCUT2D eigenvalue weighted by Crippen LogP contribution is 2.29. The first-order valence-corrected chi connectivity index (χ1v) is 7.40. The Morgan fingerprint density at radius 1 is 1.26 bits per heavy atom. The van der Waals surface area contributed by atoms with E-state index in [4.69, 9.17) is 0 Å². The van der Waals surface area contributed by atoms with E-state index in [-0.39, 0.29) is 17.6 Å². The van der Waals surface area contributed by atoms with Gasteiger partial charge in [0.2, 0.25) is 0 Å². The second-order valence-electron chi connectivity index (χ2n) is 6.66. The average molecular weight is 266 g/mol. The van der Waals surface area contributed by atoms with Gasteiger partial charge in [-0.05, 0) is 12.8 Å². The summed E-state index contributed by atoms with van der Waals surface area (Å²) < 4.78 is 1.82. The third-order valence-electron chi connectivity index (χ3n) is 4.06. The molecule has 0 atom stereocenters. The molecule has 1 aliphatic carbocycles. The predicted molar refractivity (Wildman–Crippen MR) is 76.7 cm³/mol. The van der Waals surface area contributed by atoms with Crippen molar-refractivity contribution in [2.24, 2.45) is 0 Å². The maximum absolute atomic E-state index is 12.5. The number of aromatic nitrogens is 2. The van der Waals surface area contributed by atoms with Gasteiger partial charge in [0.15, 0.2) is 0 Å². The molecule has 0 radical (unpaired) electrons. The Kier molecular flexibility index (Phi) is 4.19. The van der Waals surface area contributed by atoms with Crippen molar-refractivity contribution in [1.82, 2.24) is 9.78 Å². The monoisotopic (exact) mass is 266 g/mol. The summed E-state index contributed by atoms with van der Waals surface area (Å²) in [5.74, 6) is 0. The molecule has 1 heterocycles. The van der Waals surface area contributed by atoms with Crippen LogP contribution in [0.2, 0.25) is 0 Å². The molecule has 0 spiro atoms. The fourth-order valence-corrected chi connectivity index (χ4v) is 3.05. The minimum absolute atomic E-state index is 0.0286. The first kappa shape index (κ1) is 14.4. The molecule has 1 saturated carbocycles. The Hall–Kier alpha value is -1.03. The van der Waals surface area contributed by atoms with E-state index >= 15 is 0 Å². The van der Waals surface area contributed by atoms with E-state index in [9.17, 15) is 9.90 Å². The van der Waals surface area contributed by atoms with Crippen molar-refractivity contribution in [2.75, 3.05) is 6.61 Å². The number of nitrogens with one attached hydrogen (secondary N) is 1. The predicted octanol–water partition coefficient (Wildman–Crippen LogP) is 2.51. The van der Waals surface area contributed by atoms with Crippen LogP contribution in [0, 0.1) is 0 Å². The lowest BCUT2D eigenvalue weighted by Gasteiger charge is -2.23. The standard InChI is InChI=1S/C15H26N2O2/c1-15(2,3)13-12(9-10-18)14(19)17(16-13)11-7-5-4-6-8-11/h11,16,18H,4-10H2,1-3H3. The van der Waals surface area contributed by atoms with Gasteiger partial charge in [0.25, 0.3) is 5.56 Å². The Morgan fingerprint density at radius 2 is 1.89 bits per heavy atom. The first-order valence-electron chi connectivity index (χ1n) is 7.40. The first-order chi connectivity index (χ1) is 8.95. The molecular weight excluding hydrogens is 240 g/mol. The zero-order valence-electron chi connectivity index (χ0n) is 12.3. The highest BCUT2D eigenvalue weighted by Gasteiger charge is 2.27. The van der Waals surface area contributed by atoms with E-state index in [1.165, 1.54) is 19.3 Å². The molecule has 0 bridgehead atoms. The van der Waals surface area contributed by atoms with Crippen LogP contribution in [0.1, 0.15) is 70.2 Å². The zero-order valence-corrected chi connectivity index (χ0v) is 12.3. The van der Waals surface area contributed by atoms with Gasteiger partial charge in [-0.1, -0.05) is 40.0 Å². The van der Waals surface area contributed by atoms with E-state index in [1.807, 2.05) is 4.68 Å². The van der Waals surface area contributed by atoms with Crippen LogP contribution in [-0.4, -0.2) is 21.5 Å². The van der Waals surface area contributed by atoms with Crippen molar-refractivity contribution in [1.29, 1.82) is 0 Å². The molecule has 4 nitrogen and oxygen atoms in total. The summed E-state index contributed by atoms with van der Waals surface area (Å²) in [6.45, 7) is 6.33. The third kappa shape index (κ3) is 2.94. The molecular formula is C15H26N2O2. The maximum atomic E-state index is 12.5. The fraction of sp³-hybridized carbons (Fsp3) is 0.800. The number of hydrogen-bond donors (Lipinski definition) is 2. The molecule has 0 aliphatic heterocycles. The van der Waals surface area contributed by atoms with E-state index in [2.05, 4.69) is 25.9 Å². The Balaban J connectivity index is 2.42. The summed E-state index contributed by atoms with van der Waals surface area (Å²) in [5, 5.41) is 12.5. The average Bonchev–Trinajstić information content (AvgIpc) is 2.69. The molecule has 108 valence electrons. The second kappa shape index (κ2) is 5.53. The van der Waals surface area contributed by atoms with Crippen molar-refractivity contribution in [3.05, 3.63) is 21.6 Å². The second-order valence-corrected chi connectivity index (χ2v) is 6.66. The van der Waals surface area contributed by atoms with E-state index < -0.39 is 0 Å². The minimum Gasteiger partial charge on any atom is -0.396 e. The van der Waals surface area contributed by atoms with Gasteiger partial charge in [-0.25, -0.2) is 4.68 Å². The Labute approximate surface area is 114 Å². The molecule has 2 N–H and O–H groups in total. The molecule has 4 heteroatoms. The van der Waals surface area contributed by atoms with Crippen LogP contribution in [0.15, 0.2) is 4.79 Å². The highest BCUT2D eigenvalue weighted by molar-refractivity contribution is 5.24. The molecule has 1 aliphatic rings.